The van der Waals surface area contributed by atoms with Crippen LogP contribution in [0, 0.1) is 0 Å². The van der Waals surface area contributed by atoms with Gasteiger partial charge < -0.3 is 5.48 Å². The zero-order valence-corrected chi connectivity index (χ0v) is 6.52. The third kappa shape index (κ3) is 45.0. The van der Waals surface area contributed by atoms with E-state index in [1.807, 2.05) is 0 Å². The average Bonchev–Trinajstić information content (AvgIpc) is 0. The molecule has 0 amide bonds. The Bertz CT molecular complexity index is 15.5. The third-order valence-corrected chi connectivity index (χ3v) is 0. The summed E-state index contributed by atoms with van der Waals surface area (Å²) in [7, 11) is 0. The van der Waals surface area contributed by atoms with Crippen molar-refractivity contribution in [2.24, 2.45) is 0 Å². The van der Waals surface area contributed by atoms with Crippen LogP contribution in [0.4, 0.5) is 0 Å². The summed E-state index contributed by atoms with van der Waals surface area (Å²) in [6.07, 6.45) is 0. The van der Waals surface area contributed by atoms with Crippen LogP contribution in [0.15, 0.2) is 0 Å². The Balaban J connectivity index is 0. The largest absolute Gasteiger partial charge is 0.412 e. The van der Waals surface area contributed by atoms with Crippen LogP contribution in [-0.2, 0) is 34.1 Å². The van der Waals surface area contributed by atoms with Crippen molar-refractivity contribution < 1.29 is 39.6 Å². The van der Waals surface area contributed by atoms with Gasteiger partial charge in [-0.05, 0) is 0 Å². The summed E-state index contributed by atoms with van der Waals surface area (Å²) < 4.78 is 0. The van der Waals surface area contributed by atoms with E-state index in [4.69, 9.17) is 0 Å². The minimum absolute atomic E-state index is 0. The molecule has 0 aliphatic carbocycles. The Kier molecular flexibility index (Phi) is 1620. The smallest absolute Gasteiger partial charge is 0 e. The zero-order chi connectivity index (χ0) is 0. The van der Waals surface area contributed by atoms with Gasteiger partial charge in [-0.3, -0.25) is 0 Å². The molecule has 2 N–H and O–H groups in total. The number of hydrogen-bond donors (Lipinski definition) is 0. The van der Waals surface area contributed by atoms with Crippen molar-refractivity contribution in [1.82, 2.24) is 0 Å². The van der Waals surface area contributed by atoms with E-state index in [9.17, 15) is 0 Å². The van der Waals surface area contributed by atoms with Gasteiger partial charge in [-0.2, -0.15) is 0 Å². The monoisotopic (exact) mass is 205 g/mol. The van der Waals surface area contributed by atoms with Gasteiger partial charge in [-0.1, -0.05) is 17.3 Å². The maximum atomic E-state index is 0. The minimum atomic E-state index is 0. The summed E-state index contributed by atoms with van der Waals surface area (Å²) >= 11 is 0. The Morgan fingerprint density at radius 1 is 1.00 bits per heavy atom. The van der Waals surface area contributed by atoms with Crippen molar-refractivity contribution >= 4 is 20.9 Å². The first-order valence-corrected chi connectivity index (χ1v) is 0. The van der Waals surface area contributed by atoms with E-state index in [2.05, 4.69) is 0 Å². The third-order valence-electron chi connectivity index (χ3n) is 0. The zero-order valence-electron chi connectivity index (χ0n) is 2.23. The van der Waals surface area contributed by atoms with E-state index in [-0.39, 0.29) is 67.9 Å². The molecule has 0 spiro atoms. The van der Waals surface area contributed by atoms with E-state index in [1.54, 1.807) is 0 Å². The molecule has 0 bridgehead atoms. The number of rotatable bonds is 0. The average molecular weight is 205 g/mol. The fraction of sp³-hybridized carbons (Fsp3) is 1.00. The second kappa shape index (κ2) is 78.2. The molecule has 0 rings (SSSR count). The first-order chi connectivity index (χ1) is 0. The molecule has 5 heteroatoms. The molecule has 0 heterocycles. The normalized spacial score (nSPS) is 0. The second-order valence-corrected chi connectivity index (χ2v) is 0. The standard InChI is InChI=1S/CH4.Fe.Mn.H2O.HP.Si/h1H4;;;1H2;1H;. The molecular weight excluding hydrogens is 198 g/mol. The first kappa shape index (κ1) is 125. The SMILES string of the molecule is C.O.[Fe].[Mn].[PH].[Si]. The molecule has 0 aliphatic rings. The fourth-order valence-corrected chi connectivity index (χ4v) is 0. The van der Waals surface area contributed by atoms with Gasteiger partial charge in [0.15, 0.2) is 0 Å². The van der Waals surface area contributed by atoms with Crippen LogP contribution in [0.2, 0.25) is 0 Å². The van der Waals surface area contributed by atoms with Gasteiger partial charge in [0.2, 0.25) is 0 Å². The van der Waals surface area contributed by atoms with Gasteiger partial charge in [-0.25, -0.2) is 0 Å². The van der Waals surface area contributed by atoms with E-state index in [1.165, 1.54) is 0 Å². The van der Waals surface area contributed by atoms with Crippen molar-refractivity contribution in [3.63, 3.8) is 0 Å². The van der Waals surface area contributed by atoms with Gasteiger partial charge in [0.1, 0.15) is 0 Å². The predicted octanol–water partition coefficient (Wildman–Crippen LogP) is 0.0191. The van der Waals surface area contributed by atoms with Gasteiger partial charge in [0, 0.05) is 45.1 Å². The van der Waals surface area contributed by atoms with Crippen LogP contribution in [-0.4, -0.2) is 16.4 Å². The van der Waals surface area contributed by atoms with Crippen LogP contribution in [0.25, 0.3) is 0 Å². The van der Waals surface area contributed by atoms with E-state index in [0.29, 0.717) is 0 Å². The van der Waals surface area contributed by atoms with Gasteiger partial charge in [-0.15, -0.1) is 0 Å². The molecule has 7 radical (unpaired) electrons. The van der Waals surface area contributed by atoms with E-state index >= 15 is 0 Å². The molecule has 0 aliphatic heterocycles. The number of hydrogen-bond acceptors (Lipinski definition) is 0. The summed E-state index contributed by atoms with van der Waals surface area (Å²) in [6, 6.07) is 0. The molecule has 0 unspecified atom stereocenters. The Labute approximate surface area is 67.9 Å². The maximum Gasteiger partial charge on any atom is 0 e. The predicted molar refractivity (Wildman–Crippen MR) is 24.4 cm³/mol. The van der Waals surface area contributed by atoms with Crippen molar-refractivity contribution in [3.05, 3.63) is 0 Å². The minimum Gasteiger partial charge on any atom is -0.412 e. The summed E-state index contributed by atoms with van der Waals surface area (Å²) in [4.78, 5) is 0. The van der Waals surface area contributed by atoms with Gasteiger partial charge in [0.05, 0.1) is 0 Å². The fourth-order valence-electron chi connectivity index (χ4n) is 0. The van der Waals surface area contributed by atoms with Crippen LogP contribution in [0.3, 0.4) is 0 Å². The molecule has 0 saturated heterocycles. The first-order valence-electron chi connectivity index (χ1n) is 0. The van der Waals surface area contributed by atoms with Crippen LogP contribution < -0.4 is 0 Å². The summed E-state index contributed by atoms with van der Waals surface area (Å²) in [6.45, 7) is 0. The molecular formula is CH7FeMnOPSi. The summed E-state index contributed by atoms with van der Waals surface area (Å²) in [5.74, 6) is 0. The van der Waals surface area contributed by atoms with Crippen molar-refractivity contribution in [3.8, 4) is 0 Å². The van der Waals surface area contributed by atoms with Crippen LogP contribution >= 0.6 is 9.90 Å². The van der Waals surface area contributed by atoms with Crippen molar-refractivity contribution in [2.75, 3.05) is 0 Å². The van der Waals surface area contributed by atoms with Crippen LogP contribution in [0.5, 0.6) is 0 Å². The van der Waals surface area contributed by atoms with Gasteiger partial charge in [0.25, 0.3) is 0 Å². The Morgan fingerprint density at radius 3 is 1.00 bits per heavy atom. The topological polar surface area (TPSA) is 31.5 Å². The second-order valence-electron chi connectivity index (χ2n) is 0. The van der Waals surface area contributed by atoms with E-state index in [0.717, 1.165) is 0 Å². The van der Waals surface area contributed by atoms with Crippen molar-refractivity contribution in [1.29, 1.82) is 0 Å². The Hall–Kier alpha value is 1.65. The molecule has 41 valence electrons. The van der Waals surface area contributed by atoms with Crippen molar-refractivity contribution in [2.45, 2.75) is 7.43 Å². The molecule has 1 nitrogen and oxygen atoms in total. The molecule has 0 saturated carbocycles. The molecule has 0 aromatic rings. The van der Waals surface area contributed by atoms with Crippen LogP contribution in [0.1, 0.15) is 7.43 Å². The quantitative estimate of drug-likeness (QED) is 0.394. The van der Waals surface area contributed by atoms with E-state index < -0.39 is 0 Å². The summed E-state index contributed by atoms with van der Waals surface area (Å²) in [5.41, 5.74) is 0. The summed E-state index contributed by atoms with van der Waals surface area (Å²) in [5, 5.41) is 0. The molecule has 0 fully saturated rings. The molecule has 0 aromatic carbocycles. The Morgan fingerprint density at radius 2 is 1.00 bits per heavy atom. The molecule has 0 aromatic heterocycles. The van der Waals surface area contributed by atoms with Gasteiger partial charge >= 0.3 is 0 Å². The molecule has 0 atom stereocenters. The molecule has 6 heavy (non-hydrogen) atoms. The maximum absolute atomic E-state index is 0.